The van der Waals surface area contributed by atoms with Gasteiger partial charge in [-0.05, 0) is 62.0 Å². The van der Waals surface area contributed by atoms with Gasteiger partial charge in [-0.1, -0.05) is 12.1 Å². The second-order valence-electron chi connectivity index (χ2n) is 6.70. The molecular weight excluding hydrogens is 383 g/mol. The summed E-state index contributed by atoms with van der Waals surface area (Å²) in [5.74, 6) is 0.264. The van der Waals surface area contributed by atoms with Gasteiger partial charge in [0, 0.05) is 16.9 Å². The van der Waals surface area contributed by atoms with Crippen molar-refractivity contribution >= 4 is 21.4 Å². The molecule has 0 bridgehead atoms. The summed E-state index contributed by atoms with van der Waals surface area (Å²) in [5.41, 5.74) is 0.701. The first-order chi connectivity index (χ1) is 13.1. The number of tetrazole rings is 1. The van der Waals surface area contributed by atoms with Crippen LogP contribution in [0, 0.1) is 0 Å². The number of hydrogen-bond donors (Lipinski definition) is 2. The molecule has 0 atom stereocenters. The zero-order valence-electron chi connectivity index (χ0n) is 15.9. The van der Waals surface area contributed by atoms with Crippen molar-refractivity contribution in [1.29, 1.82) is 0 Å². The van der Waals surface area contributed by atoms with Crippen LogP contribution in [0.5, 0.6) is 0 Å². The Morgan fingerprint density at radius 2 is 1.89 bits per heavy atom. The summed E-state index contributed by atoms with van der Waals surface area (Å²) in [5, 5.41) is 15.2. The van der Waals surface area contributed by atoms with Gasteiger partial charge in [0.25, 0.3) is 0 Å². The zero-order chi connectivity index (χ0) is 20.5. The maximum Gasteiger partial charge on any atom is 0.240 e. The first-order valence-electron chi connectivity index (χ1n) is 8.48. The lowest BCUT2D eigenvalue weighted by atomic mass is 10.00. The van der Waals surface area contributed by atoms with Crippen molar-refractivity contribution in [3.8, 4) is 11.4 Å². The molecule has 0 aliphatic carbocycles. The van der Waals surface area contributed by atoms with E-state index >= 15 is 0 Å². The number of halogens is 1. The van der Waals surface area contributed by atoms with Gasteiger partial charge in [0.15, 0.2) is 0 Å². The molecule has 0 fully saturated rings. The van der Waals surface area contributed by atoms with Crippen LogP contribution in [0.4, 0.5) is 15.8 Å². The molecular formula is C18H21FN6O2S. The molecule has 28 heavy (non-hydrogen) atoms. The molecule has 2 aromatic carbocycles. The van der Waals surface area contributed by atoms with E-state index in [0.29, 0.717) is 22.5 Å². The minimum absolute atomic E-state index is 0.0710. The Morgan fingerprint density at radius 1 is 1.14 bits per heavy atom. The molecule has 0 unspecified atom stereocenters. The van der Waals surface area contributed by atoms with E-state index < -0.39 is 15.7 Å². The average molecular weight is 404 g/mol. The molecule has 0 spiro atoms. The minimum atomic E-state index is -3.65. The first kappa shape index (κ1) is 19.9. The van der Waals surface area contributed by atoms with E-state index in [1.807, 2.05) is 0 Å². The van der Waals surface area contributed by atoms with Gasteiger partial charge in [0.1, 0.15) is 5.67 Å². The van der Waals surface area contributed by atoms with Gasteiger partial charge in [0.05, 0.1) is 11.9 Å². The van der Waals surface area contributed by atoms with Crippen LogP contribution in [0.25, 0.3) is 11.4 Å². The number of hydrogen-bond acceptors (Lipinski definition) is 6. The summed E-state index contributed by atoms with van der Waals surface area (Å²) in [6.45, 7) is 2.97. The van der Waals surface area contributed by atoms with Crippen molar-refractivity contribution < 1.29 is 12.8 Å². The van der Waals surface area contributed by atoms with Crippen LogP contribution >= 0.6 is 0 Å². The monoisotopic (exact) mass is 404 g/mol. The quantitative estimate of drug-likeness (QED) is 0.655. The Balaban J connectivity index is 2.08. The number of alkyl halides is 1. The molecule has 3 rings (SSSR count). The molecule has 0 aliphatic rings. The lowest BCUT2D eigenvalue weighted by Crippen LogP contribution is -2.18. The van der Waals surface area contributed by atoms with Gasteiger partial charge in [-0.15, -0.1) is 10.2 Å². The Bertz CT molecular complexity index is 1110. The van der Waals surface area contributed by atoms with Crippen LogP contribution in [-0.4, -0.2) is 35.7 Å². The number of rotatable bonds is 6. The number of aryl methyl sites for hydroxylation is 1. The van der Waals surface area contributed by atoms with Gasteiger partial charge in [-0.3, -0.25) is 0 Å². The molecule has 3 aromatic rings. The lowest BCUT2D eigenvalue weighted by Gasteiger charge is -2.17. The van der Waals surface area contributed by atoms with Gasteiger partial charge >= 0.3 is 0 Å². The van der Waals surface area contributed by atoms with E-state index in [4.69, 9.17) is 0 Å². The molecule has 8 nitrogen and oxygen atoms in total. The van der Waals surface area contributed by atoms with Gasteiger partial charge in [-0.2, -0.15) is 4.80 Å². The van der Waals surface area contributed by atoms with Crippen LogP contribution in [0.2, 0.25) is 0 Å². The topological polar surface area (TPSA) is 102 Å². The van der Waals surface area contributed by atoms with Crippen LogP contribution in [-0.2, 0) is 22.7 Å². The highest BCUT2D eigenvalue weighted by atomic mass is 32.2. The molecule has 0 amide bonds. The maximum atomic E-state index is 14.3. The second kappa shape index (κ2) is 7.28. The normalized spacial score (nSPS) is 12.2. The number of benzene rings is 2. The Kier molecular flexibility index (Phi) is 5.18. The molecule has 0 aliphatic heterocycles. The van der Waals surface area contributed by atoms with Crippen molar-refractivity contribution in [3.63, 3.8) is 0 Å². The molecule has 0 saturated carbocycles. The lowest BCUT2D eigenvalue weighted by molar-refractivity contribution is 0.221. The number of sulfonamides is 1. The van der Waals surface area contributed by atoms with Gasteiger partial charge < -0.3 is 5.32 Å². The number of nitrogens with one attached hydrogen (secondary N) is 2. The molecule has 1 heterocycles. The highest BCUT2D eigenvalue weighted by Gasteiger charge is 2.20. The van der Waals surface area contributed by atoms with E-state index in [2.05, 4.69) is 25.4 Å². The predicted octanol–water partition coefficient (Wildman–Crippen LogP) is 2.73. The second-order valence-corrected chi connectivity index (χ2v) is 8.58. The molecule has 10 heteroatoms. The summed E-state index contributed by atoms with van der Waals surface area (Å²) < 4.78 is 40.9. The SMILES string of the molecule is CNS(=O)(=O)c1ccc(Nc2cccc(C(C)(C)F)c2)c(-c2nnn(C)n2)c1. The van der Waals surface area contributed by atoms with Crippen LogP contribution < -0.4 is 10.0 Å². The summed E-state index contributed by atoms with van der Waals surface area (Å²) in [6.07, 6.45) is 0. The van der Waals surface area contributed by atoms with Gasteiger partial charge in [0.2, 0.25) is 15.8 Å². The van der Waals surface area contributed by atoms with Crippen molar-refractivity contribution in [3.05, 3.63) is 48.0 Å². The van der Waals surface area contributed by atoms with Crippen molar-refractivity contribution in [2.45, 2.75) is 24.4 Å². The average Bonchev–Trinajstić information content (AvgIpc) is 3.07. The molecule has 148 valence electrons. The van der Waals surface area contributed by atoms with Crippen molar-refractivity contribution in [1.82, 2.24) is 24.9 Å². The summed E-state index contributed by atoms with van der Waals surface area (Å²) in [4.78, 5) is 1.35. The third kappa shape index (κ3) is 4.18. The van der Waals surface area contributed by atoms with E-state index in [0.717, 1.165) is 0 Å². The molecule has 0 saturated heterocycles. The van der Waals surface area contributed by atoms with Crippen molar-refractivity contribution in [2.75, 3.05) is 12.4 Å². The fraction of sp³-hybridized carbons (Fsp3) is 0.278. The minimum Gasteiger partial charge on any atom is -0.355 e. The van der Waals surface area contributed by atoms with E-state index in [1.54, 1.807) is 37.4 Å². The summed E-state index contributed by atoms with van der Waals surface area (Å²) in [7, 11) is -0.693. The molecule has 1 aromatic heterocycles. The third-order valence-corrected chi connectivity index (χ3v) is 5.56. The van der Waals surface area contributed by atoms with E-state index in [-0.39, 0.29) is 10.7 Å². The summed E-state index contributed by atoms with van der Waals surface area (Å²) in [6, 6.07) is 11.5. The van der Waals surface area contributed by atoms with Crippen LogP contribution in [0.1, 0.15) is 19.4 Å². The zero-order valence-corrected chi connectivity index (χ0v) is 16.7. The fourth-order valence-corrected chi connectivity index (χ4v) is 3.37. The van der Waals surface area contributed by atoms with Crippen molar-refractivity contribution in [2.24, 2.45) is 7.05 Å². The van der Waals surface area contributed by atoms with Crippen LogP contribution in [0.3, 0.4) is 0 Å². The highest BCUT2D eigenvalue weighted by molar-refractivity contribution is 7.89. The Morgan fingerprint density at radius 3 is 2.50 bits per heavy atom. The Hall–Kier alpha value is -2.85. The predicted molar refractivity (Wildman–Crippen MR) is 104 cm³/mol. The smallest absolute Gasteiger partial charge is 0.240 e. The number of anilines is 2. The first-order valence-corrected chi connectivity index (χ1v) is 9.97. The van der Waals surface area contributed by atoms with E-state index in [9.17, 15) is 12.8 Å². The number of aromatic nitrogens is 4. The highest BCUT2D eigenvalue weighted by Crippen LogP contribution is 2.32. The van der Waals surface area contributed by atoms with E-state index in [1.165, 1.54) is 37.8 Å². The third-order valence-electron chi connectivity index (χ3n) is 4.15. The maximum absolute atomic E-state index is 14.3. The molecule has 0 radical (unpaired) electrons. The number of nitrogens with zero attached hydrogens (tertiary/aromatic N) is 4. The Labute approximate surface area is 162 Å². The molecule has 2 N–H and O–H groups in total. The largest absolute Gasteiger partial charge is 0.355 e. The standard InChI is InChI=1S/C18H21FN6O2S/c1-18(2,19)12-6-5-7-13(10-12)21-16-9-8-14(28(26,27)20-3)11-15(16)17-22-24-25(4)23-17/h5-11,20-21H,1-4H3. The fourth-order valence-electron chi connectivity index (χ4n) is 2.62. The van der Waals surface area contributed by atoms with Crippen LogP contribution in [0.15, 0.2) is 47.4 Å². The summed E-state index contributed by atoms with van der Waals surface area (Å²) >= 11 is 0. The van der Waals surface area contributed by atoms with Gasteiger partial charge in [-0.25, -0.2) is 17.5 Å².